The lowest BCUT2D eigenvalue weighted by molar-refractivity contribution is -0.150. The van der Waals surface area contributed by atoms with Gasteiger partial charge in [0, 0.05) is 0 Å². The molecule has 0 aliphatic heterocycles. The molecule has 14 heavy (non-hydrogen) atoms. The molecule has 0 amide bonds. The first-order valence-electron chi connectivity index (χ1n) is 3.38. The Morgan fingerprint density at radius 3 is 2.07 bits per heavy atom. The summed E-state index contributed by atoms with van der Waals surface area (Å²) >= 11 is 0. The number of carbonyl (C=O) groups excluding carboxylic acids is 1. The van der Waals surface area contributed by atoms with E-state index < -0.39 is 22.5 Å². The Hall–Kier alpha value is -0.740. The number of nitrogens with two attached hydrogens (primary N) is 1. The van der Waals surface area contributed by atoms with Gasteiger partial charge in [-0.15, -0.1) is 0 Å². The third kappa shape index (κ3) is 17.4. The maximum absolute atomic E-state index is 10.4. The van der Waals surface area contributed by atoms with Crippen LogP contribution in [0.5, 0.6) is 0 Å². The second-order valence-corrected chi connectivity index (χ2v) is 2.96. The van der Waals surface area contributed by atoms with E-state index in [-0.39, 0.29) is 13.0 Å². The summed E-state index contributed by atoms with van der Waals surface area (Å²) < 4.78 is 35.8. The molecule has 0 fully saturated rings. The molecule has 86 valence electrons. The first-order chi connectivity index (χ1) is 6.22. The second-order valence-electron chi connectivity index (χ2n) is 2.06. The lowest BCUT2D eigenvalue weighted by Crippen LogP contribution is -2.24. The fourth-order valence-corrected chi connectivity index (χ4v) is 0.412. The van der Waals surface area contributed by atoms with Crippen molar-refractivity contribution in [3.8, 4) is 0 Å². The van der Waals surface area contributed by atoms with Crippen molar-refractivity contribution in [1.82, 2.24) is 0 Å². The number of hydrogen-bond donors (Lipinski definition) is 4. The van der Waals surface area contributed by atoms with Gasteiger partial charge in [0.1, 0.15) is 0 Å². The summed E-state index contributed by atoms with van der Waals surface area (Å²) in [5.41, 5.74) is 5.05. The molecule has 5 N–H and O–H groups in total. The summed E-state index contributed by atoms with van der Waals surface area (Å²) in [6, 6.07) is 0. The first-order valence-corrected chi connectivity index (χ1v) is 4.78. The topological polar surface area (TPSA) is 147 Å². The molecule has 0 spiro atoms. The van der Waals surface area contributed by atoms with Gasteiger partial charge in [0.2, 0.25) is 0 Å². The molecule has 0 heterocycles. The first kappa shape index (κ1) is 15.7. The number of esters is 1. The van der Waals surface area contributed by atoms with Gasteiger partial charge in [-0.3, -0.25) is 9.11 Å². The van der Waals surface area contributed by atoms with E-state index in [1.165, 1.54) is 7.11 Å². The van der Waals surface area contributed by atoms with Gasteiger partial charge in [0.05, 0.1) is 7.11 Å². The predicted molar refractivity (Wildman–Crippen MR) is 45.9 cm³/mol. The lowest BCUT2D eigenvalue weighted by Gasteiger charge is -2.04. The van der Waals surface area contributed by atoms with E-state index in [0.29, 0.717) is 0 Å². The highest BCUT2D eigenvalue weighted by molar-refractivity contribution is 7.79. The number of rotatable bonds is 3. The van der Waals surface area contributed by atoms with Gasteiger partial charge in [-0.05, 0) is 13.0 Å². The van der Waals surface area contributed by atoms with Crippen LogP contribution in [0.1, 0.15) is 6.42 Å². The van der Waals surface area contributed by atoms with Crippen LogP contribution in [0.15, 0.2) is 0 Å². The fraction of sp³-hybridized carbons (Fsp3) is 0.800. The van der Waals surface area contributed by atoms with Gasteiger partial charge in [-0.25, -0.2) is 4.79 Å². The molecule has 9 heteroatoms. The van der Waals surface area contributed by atoms with E-state index >= 15 is 0 Å². The van der Waals surface area contributed by atoms with Crippen molar-refractivity contribution in [3.63, 3.8) is 0 Å². The number of aliphatic hydroxyl groups is 1. The van der Waals surface area contributed by atoms with Crippen molar-refractivity contribution in [3.05, 3.63) is 0 Å². The summed E-state index contributed by atoms with van der Waals surface area (Å²) in [6.45, 7) is 0.288. The Morgan fingerprint density at radius 2 is 1.86 bits per heavy atom. The average molecular weight is 231 g/mol. The lowest BCUT2D eigenvalue weighted by atomic mass is 10.2. The maximum atomic E-state index is 10.4. The molecule has 1 atom stereocenters. The third-order valence-corrected chi connectivity index (χ3v) is 0.913. The smallest absolute Gasteiger partial charge is 0.394 e. The van der Waals surface area contributed by atoms with E-state index in [0.717, 1.165) is 0 Å². The molecular formula is C5H13NO7S. The van der Waals surface area contributed by atoms with Crippen LogP contribution >= 0.6 is 0 Å². The van der Waals surface area contributed by atoms with E-state index in [1.807, 2.05) is 0 Å². The highest BCUT2D eigenvalue weighted by atomic mass is 32.3. The molecule has 0 aliphatic rings. The molecule has 0 radical (unpaired) electrons. The highest BCUT2D eigenvalue weighted by Gasteiger charge is 2.12. The summed E-state index contributed by atoms with van der Waals surface area (Å²) in [7, 11) is -3.44. The summed E-state index contributed by atoms with van der Waals surface area (Å²) in [5.74, 6) is -0.625. The van der Waals surface area contributed by atoms with Gasteiger partial charge in [-0.2, -0.15) is 8.42 Å². The Labute approximate surface area is 81.2 Å². The standard InChI is InChI=1S/C5H11NO3.H2O4S/c1-9-5(8)4(7)2-3-6;1-5(2,3)4/h4,7H,2-3,6H2,1H3;(H2,1,2,3,4)/t4-;/m0./s1. The number of hydrogen-bond acceptors (Lipinski definition) is 6. The monoisotopic (exact) mass is 231 g/mol. The zero-order valence-electron chi connectivity index (χ0n) is 7.45. The Bertz CT molecular complexity index is 241. The van der Waals surface area contributed by atoms with Crippen LogP contribution in [0.2, 0.25) is 0 Å². The number of aliphatic hydroxyl groups excluding tert-OH is 1. The van der Waals surface area contributed by atoms with Gasteiger partial charge in [-0.1, -0.05) is 0 Å². The second kappa shape index (κ2) is 7.64. The van der Waals surface area contributed by atoms with E-state index in [2.05, 4.69) is 4.74 Å². The SMILES string of the molecule is COC(=O)[C@@H](O)CCN.O=S(=O)(O)O. The number of carbonyl (C=O) groups is 1. The molecule has 0 rings (SSSR count). The average Bonchev–Trinajstić information content (AvgIpc) is 2.00. The molecule has 0 aromatic carbocycles. The van der Waals surface area contributed by atoms with Crippen molar-refractivity contribution in [2.24, 2.45) is 5.73 Å². The molecule has 0 aromatic heterocycles. The summed E-state index contributed by atoms with van der Waals surface area (Å²) in [5, 5.41) is 8.76. The highest BCUT2D eigenvalue weighted by Crippen LogP contribution is 1.90. The van der Waals surface area contributed by atoms with Gasteiger partial charge in [0.25, 0.3) is 0 Å². The predicted octanol–water partition coefficient (Wildman–Crippen LogP) is -1.78. The normalized spacial score (nSPS) is 12.4. The zero-order valence-corrected chi connectivity index (χ0v) is 8.27. The molecule has 8 nitrogen and oxygen atoms in total. The van der Waals surface area contributed by atoms with Crippen molar-refractivity contribution in [2.75, 3.05) is 13.7 Å². The zero-order chi connectivity index (χ0) is 11.8. The molecule has 0 bridgehead atoms. The minimum Gasteiger partial charge on any atom is -0.467 e. The summed E-state index contributed by atoms with van der Waals surface area (Å²) in [4.78, 5) is 10.4. The largest absolute Gasteiger partial charge is 0.467 e. The Balaban J connectivity index is 0. The van der Waals surface area contributed by atoms with E-state index in [4.69, 9.17) is 28.4 Å². The molecule has 0 saturated heterocycles. The third-order valence-electron chi connectivity index (χ3n) is 0.913. The van der Waals surface area contributed by atoms with Crippen LogP contribution in [-0.4, -0.2) is 48.4 Å². The number of ether oxygens (including phenoxy) is 1. The van der Waals surface area contributed by atoms with E-state index in [9.17, 15) is 4.79 Å². The van der Waals surface area contributed by atoms with Crippen LogP contribution in [0.3, 0.4) is 0 Å². The molecule has 0 saturated carbocycles. The van der Waals surface area contributed by atoms with Crippen LogP contribution in [0, 0.1) is 0 Å². The van der Waals surface area contributed by atoms with Crippen molar-refractivity contribution in [1.29, 1.82) is 0 Å². The molecule has 0 aliphatic carbocycles. The van der Waals surface area contributed by atoms with Gasteiger partial charge in [0.15, 0.2) is 6.10 Å². The maximum Gasteiger partial charge on any atom is 0.394 e. The van der Waals surface area contributed by atoms with Crippen LogP contribution in [0.25, 0.3) is 0 Å². The van der Waals surface area contributed by atoms with Crippen molar-refractivity contribution < 1.29 is 32.2 Å². The minimum absolute atomic E-state index is 0.257. The van der Waals surface area contributed by atoms with Crippen LogP contribution < -0.4 is 5.73 Å². The van der Waals surface area contributed by atoms with Crippen molar-refractivity contribution >= 4 is 16.4 Å². The van der Waals surface area contributed by atoms with Gasteiger partial charge >= 0.3 is 16.4 Å². The summed E-state index contributed by atoms with van der Waals surface area (Å²) in [6.07, 6.45) is -0.799. The van der Waals surface area contributed by atoms with Crippen LogP contribution in [-0.2, 0) is 19.9 Å². The van der Waals surface area contributed by atoms with Crippen molar-refractivity contribution in [2.45, 2.75) is 12.5 Å². The Kier molecular flexibility index (Phi) is 8.58. The Morgan fingerprint density at radius 1 is 1.50 bits per heavy atom. The fourth-order valence-electron chi connectivity index (χ4n) is 0.412. The molecular weight excluding hydrogens is 218 g/mol. The van der Waals surface area contributed by atoms with Gasteiger partial charge < -0.3 is 15.6 Å². The minimum atomic E-state index is -4.67. The number of methoxy groups -OCH3 is 1. The molecule has 0 unspecified atom stereocenters. The molecule has 0 aromatic rings. The van der Waals surface area contributed by atoms with E-state index in [1.54, 1.807) is 0 Å². The quantitative estimate of drug-likeness (QED) is 0.329. The van der Waals surface area contributed by atoms with Crippen LogP contribution in [0.4, 0.5) is 0 Å².